The lowest BCUT2D eigenvalue weighted by Crippen LogP contribution is -2.04. The van der Waals surface area contributed by atoms with E-state index < -0.39 is 0 Å². The van der Waals surface area contributed by atoms with E-state index in [0.717, 1.165) is 46.4 Å². The van der Waals surface area contributed by atoms with Gasteiger partial charge in [-0.2, -0.15) is 0 Å². The summed E-state index contributed by atoms with van der Waals surface area (Å²) < 4.78 is 4.99. The fourth-order valence-corrected chi connectivity index (χ4v) is 9.78. The van der Waals surface area contributed by atoms with Crippen LogP contribution < -0.4 is 0 Å². The summed E-state index contributed by atoms with van der Waals surface area (Å²) in [4.78, 5) is 10.8. The second-order valence-corrected chi connectivity index (χ2v) is 14.6. The molecule has 4 heteroatoms. The Labute approximate surface area is 304 Å². The highest BCUT2D eigenvalue weighted by Crippen LogP contribution is 2.51. The van der Waals surface area contributed by atoms with Crippen molar-refractivity contribution in [2.24, 2.45) is 0 Å². The second kappa shape index (κ2) is 11.6. The highest BCUT2D eigenvalue weighted by molar-refractivity contribution is 7.27. The van der Waals surface area contributed by atoms with Crippen molar-refractivity contribution in [3.63, 3.8) is 0 Å². The Balaban J connectivity index is 1.37. The van der Waals surface area contributed by atoms with E-state index in [4.69, 9.17) is 9.97 Å². The summed E-state index contributed by atoms with van der Waals surface area (Å²) in [5, 5.41) is 7.63. The third-order valence-corrected chi connectivity index (χ3v) is 11.9. The molecule has 11 rings (SSSR count). The van der Waals surface area contributed by atoms with E-state index in [2.05, 4.69) is 168 Å². The molecule has 0 radical (unpaired) electrons. The van der Waals surface area contributed by atoms with E-state index in [1.807, 2.05) is 11.3 Å². The summed E-state index contributed by atoms with van der Waals surface area (Å²) in [6, 6.07) is 54.2. The van der Waals surface area contributed by atoms with E-state index in [0.29, 0.717) is 5.95 Å². The highest BCUT2D eigenvalue weighted by Gasteiger charge is 2.26. The standard InChI is InChI=1S/C48H31N3S/c1-4-16-30(17-5-1)38-28-39-35-24-14-15-27-42(35)51(48-49-40(31-18-6-2-7-19-31)29-41(50-48)32-20-8-3-9-21-32)45(39)44-43-36-25-12-10-22-33(36)34-23-11-13-26-37(34)46(43)52-47(38)44/h1-10,12-22,24-29H,11,23H2. The van der Waals surface area contributed by atoms with Crippen molar-refractivity contribution in [3.05, 3.63) is 169 Å². The van der Waals surface area contributed by atoms with Crippen molar-refractivity contribution in [2.75, 3.05) is 0 Å². The first-order chi connectivity index (χ1) is 25.8. The summed E-state index contributed by atoms with van der Waals surface area (Å²) in [6.07, 6.45) is 6.84. The quantitative estimate of drug-likeness (QED) is 0.185. The molecule has 244 valence electrons. The molecule has 0 aliphatic heterocycles. The maximum absolute atomic E-state index is 5.40. The van der Waals surface area contributed by atoms with Crippen LogP contribution in [0, 0.1) is 0 Å². The van der Waals surface area contributed by atoms with Gasteiger partial charge in [0.1, 0.15) is 0 Å². The van der Waals surface area contributed by atoms with Gasteiger partial charge in [-0.15, -0.1) is 11.3 Å². The summed E-state index contributed by atoms with van der Waals surface area (Å²) in [5.41, 5.74) is 11.5. The minimum atomic E-state index is 0.668. The van der Waals surface area contributed by atoms with Crippen LogP contribution in [0.4, 0.5) is 0 Å². The van der Waals surface area contributed by atoms with Gasteiger partial charge >= 0.3 is 0 Å². The lowest BCUT2D eigenvalue weighted by molar-refractivity contribution is 0.998. The SMILES string of the molecule is C1=Cc2c(c3ccccc3c3c2sc2c(-c4ccccc4)cc4c5ccccc5n(-c5nc(-c6ccccc6)cc(-c6ccccc6)n5)c4c23)CC1. The van der Waals surface area contributed by atoms with Crippen LogP contribution in [0.2, 0.25) is 0 Å². The van der Waals surface area contributed by atoms with Gasteiger partial charge in [-0.25, -0.2) is 9.97 Å². The van der Waals surface area contributed by atoms with Crippen molar-refractivity contribution in [1.29, 1.82) is 0 Å². The predicted molar refractivity (Wildman–Crippen MR) is 220 cm³/mol. The average Bonchev–Trinajstić information content (AvgIpc) is 3.79. The number of aryl methyl sites for hydroxylation is 1. The second-order valence-electron chi connectivity index (χ2n) is 13.6. The summed E-state index contributed by atoms with van der Waals surface area (Å²) in [6.45, 7) is 0. The summed E-state index contributed by atoms with van der Waals surface area (Å²) in [7, 11) is 0. The topological polar surface area (TPSA) is 30.7 Å². The molecule has 52 heavy (non-hydrogen) atoms. The van der Waals surface area contributed by atoms with Gasteiger partial charge in [0, 0.05) is 47.6 Å². The van der Waals surface area contributed by atoms with Crippen molar-refractivity contribution in [1.82, 2.24) is 14.5 Å². The Bertz CT molecular complexity index is 2990. The normalized spacial score (nSPS) is 12.8. The fraction of sp³-hybridized carbons (Fsp3) is 0.0417. The number of aromatic nitrogens is 3. The molecule has 0 amide bonds. The smallest absolute Gasteiger partial charge is 0.235 e. The van der Waals surface area contributed by atoms with Gasteiger partial charge in [0.05, 0.1) is 22.4 Å². The van der Waals surface area contributed by atoms with Crippen LogP contribution >= 0.6 is 11.3 Å². The number of hydrogen-bond acceptors (Lipinski definition) is 3. The summed E-state index contributed by atoms with van der Waals surface area (Å²) in [5.74, 6) is 0.668. The molecule has 0 saturated heterocycles. The minimum absolute atomic E-state index is 0.668. The average molecular weight is 682 g/mol. The molecule has 0 saturated carbocycles. The highest BCUT2D eigenvalue weighted by atomic mass is 32.1. The number of rotatable bonds is 4. The number of benzene rings is 7. The lowest BCUT2D eigenvalue weighted by atomic mass is 9.88. The van der Waals surface area contributed by atoms with Crippen molar-refractivity contribution < 1.29 is 0 Å². The molecule has 7 aromatic carbocycles. The Kier molecular flexibility index (Phi) is 6.55. The predicted octanol–water partition coefficient (Wildman–Crippen LogP) is 13.1. The molecule has 0 fully saturated rings. The zero-order valence-corrected chi connectivity index (χ0v) is 29.1. The Morgan fingerprint density at radius 2 is 1.12 bits per heavy atom. The van der Waals surface area contributed by atoms with Gasteiger partial charge in [-0.3, -0.25) is 4.57 Å². The number of fused-ring (bicyclic) bond motifs is 12. The Morgan fingerprint density at radius 3 is 1.81 bits per heavy atom. The zero-order valence-electron chi connectivity index (χ0n) is 28.3. The van der Waals surface area contributed by atoms with E-state index in [-0.39, 0.29) is 0 Å². The van der Waals surface area contributed by atoms with Crippen LogP contribution in [0.1, 0.15) is 17.5 Å². The molecular formula is C48H31N3S. The molecule has 0 bridgehead atoms. The largest absolute Gasteiger partial charge is 0.277 e. The van der Waals surface area contributed by atoms with Gasteiger partial charge in [0.15, 0.2) is 0 Å². The maximum Gasteiger partial charge on any atom is 0.235 e. The third-order valence-electron chi connectivity index (χ3n) is 10.7. The van der Waals surface area contributed by atoms with Crippen molar-refractivity contribution in [2.45, 2.75) is 12.8 Å². The molecule has 1 aliphatic carbocycles. The van der Waals surface area contributed by atoms with Gasteiger partial charge < -0.3 is 0 Å². The molecular weight excluding hydrogens is 651 g/mol. The van der Waals surface area contributed by atoms with Gasteiger partial charge in [-0.1, -0.05) is 146 Å². The number of para-hydroxylation sites is 1. The summed E-state index contributed by atoms with van der Waals surface area (Å²) >= 11 is 1.94. The first kappa shape index (κ1) is 29.4. The fourth-order valence-electron chi connectivity index (χ4n) is 8.37. The number of allylic oxidation sites excluding steroid dienone is 1. The molecule has 0 spiro atoms. The molecule has 0 unspecified atom stereocenters. The molecule has 1 aliphatic rings. The van der Waals surface area contributed by atoms with E-state index >= 15 is 0 Å². The molecule has 0 atom stereocenters. The van der Waals surface area contributed by atoms with Crippen molar-refractivity contribution in [3.8, 4) is 39.6 Å². The van der Waals surface area contributed by atoms with E-state index in [9.17, 15) is 0 Å². The number of thiophene rings is 1. The first-order valence-electron chi connectivity index (χ1n) is 17.9. The monoisotopic (exact) mass is 681 g/mol. The molecule has 0 N–H and O–H groups in total. The van der Waals surface area contributed by atoms with Crippen LogP contribution in [0.25, 0.3) is 98.4 Å². The Hall–Kier alpha value is -6.36. The van der Waals surface area contributed by atoms with E-state index in [1.54, 1.807) is 0 Å². The molecule has 3 aromatic heterocycles. The minimum Gasteiger partial charge on any atom is -0.277 e. The number of nitrogens with zero attached hydrogens (tertiary/aromatic N) is 3. The van der Waals surface area contributed by atoms with E-state index in [1.165, 1.54) is 64.0 Å². The maximum atomic E-state index is 5.40. The first-order valence-corrected chi connectivity index (χ1v) is 18.7. The van der Waals surface area contributed by atoms with Crippen LogP contribution in [0.15, 0.2) is 158 Å². The Morgan fingerprint density at radius 1 is 0.519 bits per heavy atom. The number of hydrogen-bond donors (Lipinski definition) is 0. The van der Waals surface area contributed by atoms with Crippen LogP contribution in [-0.2, 0) is 6.42 Å². The van der Waals surface area contributed by atoms with Crippen LogP contribution in [0.3, 0.4) is 0 Å². The zero-order chi connectivity index (χ0) is 34.2. The van der Waals surface area contributed by atoms with Gasteiger partial charge in [0.2, 0.25) is 5.95 Å². The van der Waals surface area contributed by atoms with Gasteiger partial charge in [0.25, 0.3) is 0 Å². The van der Waals surface area contributed by atoms with Crippen molar-refractivity contribution >= 4 is 70.2 Å². The third kappa shape index (κ3) is 4.38. The molecule has 3 heterocycles. The van der Waals surface area contributed by atoms with Crippen LogP contribution in [0.5, 0.6) is 0 Å². The molecule has 10 aromatic rings. The van der Waals surface area contributed by atoms with Crippen LogP contribution in [-0.4, -0.2) is 14.5 Å². The molecule has 3 nitrogen and oxygen atoms in total. The lowest BCUT2D eigenvalue weighted by Gasteiger charge is -2.16. The van der Waals surface area contributed by atoms with Gasteiger partial charge in [-0.05, 0) is 58.5 Å².